The summed E-state index contributed by atoms with van der Waals surface area (Å²) in [4.78, 5) is 21.1. The molecular weight excluding hydrogens is 402 g/mol. The largest absolute Gasteiger partial charge is 0.505 e. The molecular formula is C26H33N3O3. The van der Waals surface area contributed by atoms with E-state index in [1.165, 1.54) is 30.2 Å². The second kappa shape index (κ2) is 8.07. The van der Waals surface area contributed by atoms with Crippen molar-refractivity contribution in [3.05, 3.63) is 53.3 Å². The van der Waals surface area contributed by atoms with Crippen LogP contribution in [0.1, 0.15) is 61.0 Å². The van der Waals surface area contributed by atoms with E-state index >= 15 is 0 Å². The molecule has 0 radical (unpaired) electrons. The molecule has 1 N–H and O–H groups in total. The first-order chi connectivity index (χ1) is 15.3. The van der Waals surface area contributed by atoms with Crippen molar-refractivity contribution in [2.75, 3.05) is 26.2 Å². The van der Waals surface area contributed by atoms with Crippen molar-refractivity contribution < 1.29 is 14.6 Å². The smallest absolute Gasteiger partial charge is 0.257 e. The highest BCUT2D eigenvalue weighted by molar-refractivity contribution is 5.96. The van der Waals surface area contributed by atoms with Gasteiger partial charge in [0.2, 0.25) is 0 Å². The van der Waals surface area contributed by atoms with Crippen molar-refractivity contribution >= 4 is 5.91 Å². The Kier molecular flexibility index (Phi) is 5.36. The number of aromatic nitrogens is 1. The van der Waals surface area contributed by atoms with Gasteiger partial charge in [0.25, 0.3) is 5.91 Å². The van der Waals surface area contributed by atoms with E-state index in [-0.39, 0.29) is 17.3 Å². The van der Waals surface area contributed by atoms with Crippen molar-refractivity contribution in [3.8, 4) is 11.5 Å². The van der Waals surface area contributed by atoms with E-state index in [0.717, 1.165) is 57.7 Å². The van der Waals surface area contributed by atoms with Gasteiger partial charge in [-0.2, -0.15) is 0 Å². The molecule has 2 fully saturated rings. The Morgan fingerprint density at radius 3 is 2.53 bits per heavy atom. The van der Waals surface area contributed by atoms with Crippen molar-refractivity contribution in [1.29, 1.82) is 0 Å². The van der Waals surface area contributed by atoms with Gasteiger partial charge in [0.15, 0.2) is 0 Å². The molecule has 0 aliphatic carbocycles. The zero-order valence-corrected chi connectivity index (χ0v) is 19.1. The summed E-state index contributed by atoms with van der Waals surface area (Å²) < 4.78 is 6.27. The van der Waals surface area contributed by atoms with Crippen LogP contribution in [0, 0.1) is 5.41 Å². The number of benzene rings is 1. The number of rotatable bonds is 3. The number of likely N-dealkylation sites (tertiary alicyclic amines) is 2. The summed E-state index contributed by atoms with van der Waals surface area (Å²) in [6, 6.07) is 8.17. The molecule has 0 bridgehead atoms. The Bertz CT molecular complexity index is 1000. The van der Waals surface area contributed by atoms with Crippen LogP contribution in [-0.4, -0.2) is 57.6 Å². The Morgan fingerprint density at radius 1 is 1.09 bits per heavy atom. The third-order valence-corrected chi connectivity index (χ3v) is 7.63. The monoisotopic (exact) mass is 435 g/mol. The lowest BCUT2D eigenvalue weighted by Gasteiger charge is -2.47. The summed E-state index contributed by atoms with van der Waals surface area (Å²) in [5, 5.41) is 9.97. The number of fused-ring (bicyclic) bond motifs is 1. The summed E-state index contributed by atoms with van der Waals surface area (Å²) >= 11 is 0. The molecule has 32 heavy (non-hydrogen) atoms. The number of para-hydroxylation sites is 1. The average molecular weight is 436 g/mol. The van der Waals surface area contributed by atoms with E-state index in [1.54, 1.807) is 12.3 Å². The normalized spacial score (nSPS) is 21.9. The van der Waals surface area contributed by atoms with E-state index in [4.69, 9.17) is 4.74 Å². The standard InChI is InChI=1S/C26H33N3O3/c1-25(2)16-19-4-3-5-20(23(19)32-25)18-28-12-7-26(8-13-28)9-14-29(15-10-26)24(31)21-6-11-27-17-22(21)30/h3-6,11,17,30H,7-10,12-16,18H2,1-2H3. The number of ether oxygens (including phenoxy) is 1. The molecule has 2 saturated heterocycles. The van der Waals surface area contributed by atoms with Gasteiger partial charge in [-0.15, -0.1) is 0 Å². The van der Waals surface area contributed by atoms with Gasteiger partial charge in [-0.25, -0.2) is 0 Å². The summed E-state index contributed by atoms with van der Waals surface area (Å²) in [6.07, 6.45) is 8.30. The molecule has 4 heterocycles. The van der Waals surface area contributed by atoms with Gasteiger partial charge in [0, 0.05) is 37.8 Å². The first kappa shape index (κ1) is 21.3. The number of carbonyl (C=O) groups is 1. The lowest BCUT2D eigenvalue weighted by Crippen LogP contribution is -2.48. The number of aromatic hydroxyl groups is 1. The van der Waals surface area contributed by atoms with Gasteiger partial charge in [0.05, 0.1) is 11.8 Å². The predicted octanol–water partition coefficient (Wildman–Crippen LogP) is 4.02. The molecule has 1 amide bonds. The maximum atomic E-state index is 12.8. The quantitative estimate of drug-likeness (QED) is 0.789. The molecule has 5 rings (SSSR count). The third-order valence-electron chi connectivity index (χ3n) is 7.63. The minimum atomic E-state index is -0.108. The minimum Gasteiger partial charge on any atom is -0.505 e. The molecule has 6 heteroatoms. The molecule has 6 nitrogen and oxygen atoms in total. The first-order valence-corrected chi connectivity index (χ1v) is 11.8. The maximum Gasteiger partial charge on any atom is 0.257 e. The number of pyridine rings is 1. The lowest BCUT2D eigenvalue weighted by molar-refractivity contribution is 0.0281. The highest BCUT2D eigenvalue weighted by Gasteiger charge is 2.39. The van der Waals surface area contributed by atoms with Crippen LogP contribution in [0.5, 0.6) is 11.5 Å². The van der Waals surface area contributed by atoms with Crippen LogP contribution < -0.4 is 4.74 Å². The van der Waals surface area contributed by atoms with Crippen LogP contribution in [0.25, 0.3) is 0 Å². The molecule has 3 aliphatic rings. The van der Waals surface area contributed by atoms with E-state index in [1.807, 2.05) is 4.90 Å². The molecule has 0 unspecified atom stereocenters. The fraction of sp³-hybridized carbons (Fsp3) is 0.538. The van der Waals surface area contributed by atoms with E-state index in [9.17, 15) is 9.90 Å². The number of nitrogens with zero attached hydrogens (tertiary/aromatic N) is 3. The van der Waals surface area contributed by atoms with Gasteiger partial charge >= 0.3 is 0 Å². The van der Waals surface area contributed by atoms with Crippen molar-refractivity contribution in [2.45, 2.75) is 58.1 Å². The summed E-state index contributed by atoms with van der Waals surface area (Å²) in [6.45, 7) is 8.97. The summed E-state index contributed by atoms with van der Waals surface area (Å²) in [5.74, 6) is 0.980. The minimum absolute atomic E-state index is 0.0362. The van der Waals surface area contributed by atoms with E-state index in [2.05, 4.69) is 41.9 Å². The zero-order chi connectivity index (χ0) is 22.3. The molecule has 3 aliphatic heterocycles. The van der Waals surface area contributed by atoms with Gasteiger partial charge in [-0.05, 0) is 69.7 Å². The van der Waals surface area contributed by atoms with Gasteiger partial charge in [-0.3, -0.25) is 14.7 Å². The summed E-state index contributed by atoms with van der Waals surface area (Å²) in [7, 11) is 0. The maximum absolute atomic E-state index is 12.8. The van der Waals surface area contributed by atoms with E-state index < -0.39 is 0 Å². The molecule has 2 aromatic rings. The number of hydrogen-bond donors (Lipinski definition) is 1. The molecule has 1 spiro atoms. The first-order valence-electron chi connectivity index (χ1n) is 11.8. The number of amides is 1. The van der Waals surface area contributed by atoms with Crippen LogP contribution >= 0.6 is 0 Å². The molecule has 170 valence electrons. The predicted molar refractivity (Wildman–Crippen MR) is 123 cm³/mol. The second-order valence-corrected chi connectivity index (χ2v) is 10.4. The average Bonchev–Trinajstić information content (AvgIpc) is 3.11. The fourth-order valence-corrected chi connectivity index (χ4v) is 5.65. The topological polar surface area (TPSA) is 65.9 Å². The lowest BCUT2D eigenvalue weighted by atomic mass is 9.71. The van der Waals surface area contributed by atoms with Gasteiger partial charge in [-0.1, -0.05) is 18.2 Å². The van der Waals surface area contributed by atoms with Crippen LogP contribution in [0.4, 0.5) is 0 Å². The Hall–Kier alpha value is -2.60. The molecule has 1 aromatic heterocycles. The third kappa shape index (κ3) is 4.08. The fourth-order valence-electron chi connectivity index (χ4n) is 5.65. The zero-order valence-electron chi connectivity index (χ0n) is 19.1. The second-order valence-electron chi connectivity index (χ2n) is 10.4. The Morgan fingerprint density at radius 2 is 1.81 bits per heavy atom. The Balaban J connectivity index is 1.17. The van der Waals surface area contributed by atoms with E-state index in [0.29, 0.717) is 11.0 Å². The van der Waals surface area contributed by atoms with Crippen LogP contribution in [0.2, 0.25) is 0 Å². The van der Waals surface area contributed by atoms with Gasteiger partial charge in [0.1, 0.15) is 17.1 Å². The number of hydrogen-bond acceptors (Lipinski definition) is 5. The van der Waals surface area contributed by atoms with Crippen molar-refractivity contribution in [1.82, 2.24) is 14.8 Å². The van der Waals surface area contributed by atoms with Crippen LogP contribution in [0.15, 0.2) is 36.7 Å². The van der Waals surface area contributed by atoms with Crippen LogP contribution in [-0.2, 0) is 13.0 Å². The number of piperidine rings is 2. The molecule has 0 saturated carbocycles. The molecule has 1 aromatic carbocycles. The summed E-state index contributed by atoms with van der Waals surface area (Å²) in [5.41, 5.74) is 3.22. The highest BCUT2D eigenvalue weighted by Crippen LogP contribution is 2.43. The Labute approximate surface area is 190 Å². The molecule has 0 atom stereocenters. The van der Waals surface area contributed by atoms with Crippen molar-refractivity contribution in [3.63, 3.8) is 0 Å². The van der Waals surface area contributed by atoms with Gasteiger partial charge < -0.3 is 14.7 Å². The van der Waals surface area contributed by atoms with Crippen LogP contribution in [0.3, 0.4) is 0 Å². The number of carbonyl (C=O) groups excluding carboxylic acids is 1. The highest BCUT2D eigenvalue weighted by atomic mass is 16.5. The van der Waals surface area contributed by atoms with Crippen molar-refractivity contribution in [2.24, 2.45) is 5.41 Å². The SMILES string of the molecule is CC1(C)Cc2cccc(CN3CCC4(CC3)CCN(C(=O)c3ccncc3O)CC4)c2O1.